The van der Waals surface area contributed by atoms with E-state index in [2.05, 4.69) is 9.56 Å². The van der Waals surface area contributed by atoms with Gasteiger partial charge in [0.2, 0.25) is 0 Å². The van der Waals surface area contributed by atoms with Crippen LogP contribution in [0.1, 0.15) is 16.7 Å². The average Bonchev–Trinajstić information content (AvgIpc) is 3.09. The molecule has 1 aromatic heterocycles. The minimum atomic E-state index is -0.414. The number of rotatable bonds is 5. The molecule has 0 N–H and O–H groups in total. The number of nitro benzene ring substituents is 1. The molecule has 0 radical (unpaired) electrons. The van der Waals surface area contributed by atoms with Crippen molar-refractivity contribution in [2.75, 3.05) is 0 Å². The van der Waals surface area contributed by atoms with Crippen LogP contribution in [-0.4, -0.2) is 15.7 Å². The third-order valence-electron chi connectivity index (χ3n) is 4.78. The van der Waals surface area contributed by atoms with Crippen molar-refractivity contribution in [2.45, 2.75) is 13.5 Å². The monoisotopic (exact) mass is 387 g/mol. The minimum absolute atomic E-state index is 0.0579. The highest BCUT2D eigenvalue weighted by molar-refractivity contribution is 5.90. The smallest absolute Gasteiger partial charge is 0.269 e. The van der Waals surface area contributed by atoms with Gasteiger partial charge in [0, 0.05) is 42.0 Å². The van der Waals surface area contributed by atoms with Crippen molar-refractivity contribution in [3.05, 3.63) is 106 Å². The van der Waals surface area contributed by atoms with Gasteiger partial charge >= 0.3 is 0 Å². The minimum Gasteiger partial charge on any atom is -0.343 e. The van der Waals surface area contributed by atoms with Gasteiger partial charge in [-0.1, -0.05) is 18.2 Å². The van der Waals surface area contributed by atoms with Crippen molar-refractivity contribution in [1.29, 1.82) is 0 Å². The van der Waals surface area contributed by atoms with Gasteiger partial charge in [-0.15, -0.1) is 0 Å². The Morgan fingerprint density at radius 2 is 1.97 bits per heavy atom. The van der Waals surface area contributed by atoms with E-state index in [0.717, 1.165) is 27.6 Å². The van der Waals surface area contributed by atoms with Gasteiger partial charge in [0.1, 0.15) is 5.82 Å². The molecule has 3 aromatic carbocycles. The van der Waals surface area contributed by atoms with Crippen molar-refractivity contribution >= 4 is 28.5 Å². The van der Waals surface area contributed by atoms with Gasteiger partial charge < -0.3 is 4.57 Å². The molecule has 0 saturated carbocycles. The predicted molar refractivity (Wildman–Crippen MR) is 113 cm³/mol. The Labute approximate surface area is 166 Å². The Hall–Kier alpha value is -3.80. The van der Waals surface area contributed by atoms with Crippen LogP contribution in [0.2, 0.25) is 0 Å². The van der Waals surface area contributed by atoms with Gasteiger partial charge in [-0.25, -0.2) is 4.39 Å². The molecule has 0 aliphatic carbocycles. The Morgan fingerprint density at radius 1 is 1.10 bits per heavy atom. The number of hydrogen-bond donors (Lipinski definition) is 0. The molecule has 0 atom stereocenters. The summed E-state index contributed by atoms with van der Waals surface area (Å²) in [6.07, 6.45) is 3.73. The lowest BCUT2D eigenvalue weighted by atomic mass is 10.1. The van der Waals surface area contributed by atoms with Crippen LogP contribution in [0, 0.1) is 22.9 Å². The first kappa shape index (κ1) is 18.6. The van der Waals surface area contributed by atoms with Crippen LogP contribution in [-0.2, 0) is 6.54 Å². The maximum absolute atomic E-state index is 13.4. The highest BCUT2D eigenvalue weighted by atomic mass is 19.1. The lowest BCUT2D eigenvalue weighted by Gasteiger charge is -2.06. The van der Waals surface area contributed by atoms with E-state index in [9.17, 15) is 14.5 Å². The van der Waals surface area contributed by atoms with Crippen molar-refractivity contribution in [1.82, 2.24) is 4.57 Å². The van der Waals surface area contributed by atoms with E-state index in [1.807, 2.05) is 36.5 Å². The number of hydrogen-bond acceptors (Lipinski definition) is 3. The number of nitro groups is 1. The van der Waals surface area contributed by atoms with Gasteiger partial charge in [-0.2, -0.15) is 0 Å². The summed E-state index contributed by atoms with van der Waals surface area (Å²) in [5.74, 6) is -0.237. The second-order valence-electron chi connectivity index (χ2n) is 6.88. The number of aliphatic imine (C=N–C) groups is 1. The fourth-order valence-electron chi connectivity index (χ4n) is 3.31. The zero-order chi connectivity index (χ0) is 20.4. The van der Waals surface area contributed by atoms with Crippen LogP contribution in [0.5, 0.6) is 0 Å². The molecule has 0 aliphatic heterocycles. The molecule has 4 aromatic rings. The molecule has 4 rings (SSSR count). The third kappa shape index (κ3) is 4.06. The van der Waals surface area contributed by atoms with Crippen LogP contribution in [0.4, 0.5) is 15.8 Å². The van der Waals surface area contributed by atoms with Crippen LogP contribution in [0.3, 0.4) is 0 Å². The number of nitrogens with zero attached hydrogens (tertiary/aromatic N) is 3. The molecule has 6 heteroatoms. The molecular weight excluding hydrogens is 369 g/mol. The van der Waals surface area contributed by atoms with E-state index in [1.165, 1.54) is 18.2 Å². The first-order valence-electron chi connectivity index (χ1n) is 9.12. The Balaban J connectivity index is 1.57. The largest absolute Gasteiger partial charge is 0.343 e. The lowest BCUT2D eigenvalue weighted by molar-refractivity contribution is -0.384. The molecular formula is C23H18FN3O2. The Kier molecular flexibility index (Phi) is 4.91. The van der Waals surface area contributed by atoms with Crippen molar-refractivity contribution in [3.8, 4) is 0 Å². The van der Waals surface area contributed by atoms with E-state index in [0.29, 0.717) is 12.2 Å². The predicted octanol–water partition coefficient (Wildman–Crippen LogP) is 5.80. The van der Waals surface area contributed by atoms with Crippen LogP contribution in [0.15, 0.2) is 77.9 Å². The maximum atomic E-state index is 13.4. The van der Waals surface area contributed by atoms with Crippen molar-refractivity contribution < 1.29 is 9.31 Å². The van der Waals surface area contributed by atoms with Crippen LogP contribution < -0.4 is 0 Å². The summed E-state index contributed by atoms with van der Waals surface area (Å²) >= 11 is 0. The van der Waals surface area contributed by atoms with Crippen molar-refractivity contribution in [3.63, 3.8) is 0 Å². The number of fused-ring (bicyclic) bond motifs is 1. The topological polar surface area (TPSA) is 60.4 Å². The standard InChI is InChI=1S/C23H18FN3O2/c1-16-11-21(27(28)29)6-7-22(16)25-14-17-5-8-23-19(12-17)9-10-26(23)15-18-3-2-4-20(24)13-18/h2-14H,15H2,1H3. The summed E-state index contributed by atoms with van der Waals surface area (Å²) in [6, 6.07) is 19.2. The van der Waals surface area contributed by atoms with Gasteiger partial charge in [-0.3, -0.25) is 15.1 Å². The normalized spacial score (nSPS) is 11.4. The third-order valence-corrected chi connectivity index (χ3v) is 4.78. The van der Waals surface area contributed by atoms with E-state index < -0.39 is 4.92 Å². The fraction of sp³-hybridized carbons (Fsp3) is 0.0870. The number of aromatic nitrogens is 1. The zero-order valence-electron chi connectivity index (χ0n) is 15.7. The summed E-state index contributed by atoms with van der Waals surface area (Å²) < 4.78 is 15.5. The molecule has 0 amide bonds. The first-order valence-corrected chi connectivity index (χ1v) is 9.12. The van der Waals surface area contributed by atoms with Crippen LogP contribution >= 0.6 is 0 Å². The summed E-state index contributed by atoms with van der Waals surface area (Å²) in [6.45, 7) is 2.39. The van der Waals surface area contributed by atoms with E-state index >= 15 is 0 Å². The number of benzene rings is 3. The zero-order valence-corrected chi connectivity index (χ0v) is 15.7. The number of halogens is 1. The molecule has 0 aliphatic rings. The summed E-state index contributed by atoms with van der Waals surface area (Å²) in [5, 5.41) is 11.9. The Morgan fingerprint density at radius 3 is 2.72 bits per heavy atom. The molecule has 0 fully saturated rings. The molecule has 1 heterocycles. The molecule has 0 spiro atoms. The maximum Gasteiger partial charge on any atom is 0.269 e. The highest BCUT2D eigenvalue weighted by Crippen LogP contribution is 2.24. The molecule has 5 nitrogen and oxygen atoms in total. The fourth-order valence-corrected chi connectivity index (χ4v) is 3.31. The van der Waals surface area contributed by atoms with Crippen molar-refractivity contribution in [2.24, 2.45) is 4.99 Å². The second kappa shape index (κ2) is 7.67. The van der Waals surface area contributed by atoms with Crippen LogP contribution in [0.25, 0.3) is 10.9 Å². The number of aryl methyl sites for hydroxylation is 1. The SMILES string of the molecule is Cc1cc([N+](=O)[O-])ccc1N=Cc1ccc2c(ccn2Cc2cccc(F)c2)c1. The van der Waals surface area contributed by atoms with E-state index in [1.54, 1.807) is 31.3 Å². The molecule has 144 valence electrons. The lowest BCUT2D eigenvalue weighted by Crippen LogP contribution is -1.98. The first-order chi connectivity index (χ1) is 14.0. The summed E-state index contributed by atoms with van der Waals surface area (Å²) in [5.41, 5.74) is 4.39. The molecule has 0 saturated heterocycles. The quantitative estimate of drug-likeness (QED) is 0.247. The Bertz CT molecular complexity index is 1240. The van der Waals surface area contributed by atoms with E-state index in [4.69, 9.17) is 0 Å². The number of non-ortho nitro benzene ring substituents is 1. The molecule has 29 heavy (non-hydrogen) atoms. The molecule has 0 unspecified atom stereocenters. The van der Waals surface area contributed by atoms with E-state index in [-0.39, 0.29) is 11.5 Å². The highest BCUT2D eigenvalue weighted by Gasteiger charge is 2.07. The van der Waals surface area contributed by atoms with Gasteiger partial charge in [0.25, 0.3) is 5.69 Å². The summed E-state index contributed by atoms with van der Waals surface area (Å²) in [7, 11) is 0. The van der Waals surface area contributed by atoms with Gasteiger partial charge in [0.15, 0.2) is 0 Å². The average molecular weight is 387 g/mol. The second-order valence-corrected chi connectivity index (χ2v) is 6.88. The van der Waals surface area contributed by atoms with Gasteiger partial charge in [0.05, 0.1) is 10.6 Å². The summed E-state index contributed by atoms with van der Waals surface area (Å²) in [4.78, 5) is 14.9. The van der Waals surface area contributed by atoms with Gasteiger partial charge in [-0.05, 0) is 60.0 Å². The molecule has 0 bridgehead atoms.